The molecule has 0 amide bonds. The Labute approximate surface area is 115 Å². The van der Waals surface area contributed by atoms with Crippen molar-refractivity contribution in [1.29, 1.82) is 0 Å². The topological polar surface area (TPSA) is 67.6 Å². The predicted molar refractivity (Wildman–Crippen MR) is 76.4 cm³/mol. The van der Waals surface area contributed by atoms with Crippen molar-refractivity contribution in [3.8, 4) is 22.8 Å². The van der Waals surface area contributed by atoms with E-state index >= 15 is 0 Å². The van der Waals surface area contributed by atoms with Gasteiger partial charge in [-0.3, -0.25) is 5.10 Å². The first-order chi connectivity index (χ1) is 9.63. The number of benzene rings is 2. The molecule has 3 N–H and O–H groups in total. The van der Waals surface area contributed by atoms with Crippen LogP contribution in [0, 0.1) is 12.7 Å². The molecular weight excluding hydrogens is 255 g/mol. The molecule has 5 heteroatoms. The van der Waals surface area contributed by atoms with Crippen molar-refractivity contribution in [2.24, 2.45) is 0 Å². The monoisotopic (exact) mass is 268 g/mol. The highest BCUT2D eigenvalue weighted by Gasteiger charge is 2.08. The van der Waals surface area contributed by atoms with E-state index in [-0.39, 0.29) is 5.82 Å². The summed E-state index contributed by atoms with van der Waals surface area (Å²) >= 11 is 0. The summed E-state index contributed by atoms with van der Waals surface area (Å²) in [5, 5.41) is 7.04. The number of H-pyrrole nitrogens is 1. The molecule has 1 aromatic heterocycles. The van der Waals surface area contributed by atoms with Crippen molar-refractivity contribution >= 4 is 5.69 Å². The van der Waals surface area contributed by atoms with Crippen molar-refractivity contribution in [3.63, 3.8) is 0 Å². The molecule has 1 heterocycles. The second kappa shape index (κ2) is 4.77. The van der Waals surface area contributed by atoms with Crippen LogP contribution in [-0.2, 0) is 0 Å². The van der Waals surface area contributed by atoms with Crippen molar-refractivity contribution in [3.05, 3.63) is 53.8 Å². The molecule has 0 saturated carbocycles. The van der Waals surface area contributed by atoms with Gasteiger partial charge in [0.05, 0.1) is 0 Å². The molecule has 0 fully saturated rings. The zero-order valence-electron chi connectivity index (χ0n) is 10.9. The molecule has 0 aliphatic carbocycles. The van der Waals surface area contributed by atoms with Crippen molar-refractivity contribution in [2.45, 2.75) is 6.92 Å². The highest BCUT2D eigenvalue weighted by molar-refractivity contribution is 5.64. The first-order valence-electron chi connectivity index (χ1n) is 6.18. The Morgan fingerprint density at radius 1 is 1.05 bits per heavy atom. The Kier molecular flexibility index (Phi) is 2.95. The summed E-state index contributed by atoms with van der Waals surface area (Å²) in [4.78, 5) is 4.42. The number of aromatic nitrogens is 3. The molecule has 4 nitrogen and oxygen atoms in total. The summed E-state index contributed by atoms with van der Waals surface area (Å²) in [6, 6.07) is 11.8. The van der Waals surface area contributed by atoms with E-state index in [0.29, 0.717) is 11.6 Å². The van der Waals surface area contributed by atoms with Gasteiger partial charge in [0.2, 0.25) is 0 Å². The maximum atomic E-state index is 12.9. The number of hydrogen-bond donors (Lipinski definition) is 2. The zero-order valence-corrected chi connectivity index (χ0v) is 10.9. The van der Waals surface area contributed by atoms with Gasteiger partial charge in [-0.2, -0.15) is 5.10 Å². The molecule has 0 bridgehead atoms. The van der Waals surface area contributed by atoms with Crippen LogP contribution in [0.3, 0.4) is 0 Å². The van der Waals surface area contributed by atoms with E-state index in [2.05, 4.69) is 15.2 Å². The Hall–Kier alpha value is -2.69. The summed E-state index contributed by atoms with van der Waals surface area (Å²) in [5.41, 5.74) is 9.19. The molecular formula is C15H13FN4. The number of aryl methyl sites for hydroxylation is 1. The lowest BCUT2D eigenvalue weighted by molar-refractivity contribution is 0.628. The van der Waals surface area contributed by atoms with Crippen LogP contribution in [0.2, 0.25) is 0 Å². The van der Waals surface area contributed by atoms with Crippen LogP contribution in [0.1, 0.15) is 5.56 Å². The summed E-state index contributed by atoms with van der Waals surface area (Å²) in [6.45, 7) is 1.94. The molecule has 0 spiro atoms. The van der Waals surface area contributed by atoms with Gasteiger partial charge >= 0.3 is 0 Å². The molecule has 100 valence electrons. The fourth-order valence-electron chi connectivity index (χ4n) is 1.94. The van der Waals surface area contributed by atoms with Crippen molar-refractivity contribution in [2.75, 3.05) is 5.73 Å². The second-order valence-electron chi connectivity index (χ2n) is 4.59. The lowest BCUT2D eigenvalue weighted by atomic mass is 10.1. The van der Waals surface area contributed by atoms with Gasteiger partial charge in [-0.05, 0) is 55.0 Å². The second-order valence-corrected chi connectivity index (χ2v) is 4.59. The third kappa shape index (κ3) is 2.25. The number of nitrogens with zero attached hydrogens (tertiary/aromatic N) is 2. The quantitative estimate of drug-likeness (QED) is 0.701. The lowest BCUT2D eigenvalue weighted by Gasteiger charge is -2.01. The van der Waals surface area contributed by atoms with E-state index < -0.39 is 0 Å². The van der Waals surface area contributed by atoms with Crippen LogP contribution in [0.4, 0.5) is 10.1 Å². The fraction of sp³-hybridized carbons (Fsp3) is 0.0667. The van der Waals surface area contributed by atoms with E-state index in [9.17, 15) is 4.39 Å². The average Bonchev–Trinajstić information content (AvgIpc) is 2.92. The molecule has 0 radical (unpaired) electrons. The molecule has 0 unspecified atom stereocenters. The van der Waals surface area contributed by atoms with Gasteiger partial charge in [0.1, 0.15) is 5.82 Å². The van der Waals surface area contributed by atoms with Gasteiger partial charge < -0.3 is 5.73 Å². The van der Waals surface area contributed by atoms with Crippen LogP contribution in [0.25, 0.3) is 22.8 Å². The molecule has 0 aliphatic rings. The summed E-state index contributed by atoms with van der Waals surface area (Å²) in [6.07, 6.45) is 0. The average molecular weight is 268 g/mol. The summed E-state index contributed by atoms with van der Waals surface area (Å²) < 4.78 is 12.9. The van der Waals surface area contributed by atoms with E-state index in [4.69, 9.17) is 5.73 Å². The largest absolute Gasteiger partial charge is 0.399 e. The molecule has 0 saturated heterocycles. The standard InChI is InChI=1S/C15H13FN4/c1-9-8-11(4-7-13(9)17)15-18-14(19-20-15)10-2-5-12(16)6-3-10/h2-8H,17H2,1H3,(H,18,19,20). The lowest BCUT2D eigenvalue weighted by Crippen LogP contribution is -1.90. The van der Waals surface area contributed by atoms with Crippen LogP contribution in [-0.4, -0.2) is 15.2 Å². The Morgan fingerprint density at radius 3 is 2.45 bits per heavy atom. The third-order valence-corrected chi connectivity index (χ3v) is 3.13. The van der Waals surface area contributed by atoms with Gasteiger partial charge in [0.15, 0.2) is 11.6 Å². The maximum absolute atomic E-state index is 12.9. The fourth-order valence-corrected chi connectivity index (χ4v) is 1.94. The van der Waals surface area contributed by atoms with Gasteiger partial charge in [0.25, 0.3) is 0 Å². The molecule has 0 aliphatic heterocycles. The number of nitrogen functional groups attached to an aromatic ring is 1. The number of hydrogen-bond acceptors (Lipinski definition) is 3. The molecule has 0 atom stereocenters. The van der Waals surface area contributed by atoms with Gasteiger partial charge in [-0.1, -0.05) is 0 Å². The maximum Gasteiger partial charge on any atom is 0.181 e. The summed E-state index contributed by atoms with van der Waals surface area (Å²) in [7, 11) is 0. The Bertz CT molecular complexity index is 747. The summed E-state index contributed by atoms with van der Waals surface area (Å²) in [5.74, 6) is 0.921. The highest BCUT2D eigenvalue weighted by atomic mass is 19.1. The molecule has 3 aromatic rings. The number of nitrogens with two attached hydrogens (primary N) is 1. The van der Waals surface area contributed by atoms with E-state index in [1.54, 1.807) is 12.1 Å². The number of nitrogens with one attached hydrogen (secondary N) is 1. The normalized spacial score (nSPS) is 10.7. The van der Waals surface area contributed by atoms with E-state index in [1.807, 2.05) is 25.1 Å². The SMILES string of the molecule is Cc1cc(-c2n[nH]c(-c3ccc(F)cc3)n2)ccc1N. The van der Waals surface area contributed by atoms with E-state index in [1.165, 1.54) is 12.1 Å². The number of halogens is 1. The predicted octanol–water partition coefficient (Wildman–Crippen LogP) is 3.17. The van der Waals surface area contributed by atoms with Crippen LogP contribution >= 0.6 is 0 Å². The minimum absolute atomic E-state index is 0.275. The van der Waals surface area contributed by atoms with Crippen LogP contribution in [0.15, 0.2) is 42.5 Å². The number of anilines is 1. The van der Waals surface area contributed by atoms with Crippen LogP contribution in [0.5, 0.6) is 0 Å². The Morgan fingerprint density at radius 2 is 1.75 bits per heavy atom. The van der Waals surface area contributed by atoms with Gasteiger partial charge in [-0.25, -0.2) is 9.37 Å². The Balaban J connectivity index is 1.97. The minimum Gasteiger partial charge on any atom is -0.399 e. The van der Waals surface area contributed by atoms with E-state index in [0.717, 1.165) is 22.4 Å². The third-order valence-electron chi connectivity index (χ3n) is 3.13. The van der Waals surface area contributed by atoms with Gasteiger partial charge in [-0.15, -0.1) is 0 Å². The highest BCUT2D eigenvalue weighted by Crippen LogP contribution is 2.23. The number of aromatic amines is 1. The van der Waals surface area contributed by atoms with Crippen molar-refractivity contribution < 1.29 is 4.39 Å². The molecule has 3 rings (SSSR count). The smallest absolute Gasteiger partial charge is 0.181 e. The van der Waals surface area contributed by atoms with Gasteiger partial charge in [0, 0.05) is 16.8 Å². The zero-order chi connectivity index (χ0) is 14.1. The van der Waals surface area contributed by atoms with Crippen molar-refractivity contribution in [1.82, 2.24) is 15.2 Å². The van der Waals surface area contributed by atoms with Crippen LogP contribution < -0.4 is 5.73 Å². The number of rotatable bonds is 2. The molecule has 20 heavy (non-hydrogen) atoms. The molecule has 2 aromatic carbocycles. The first-order valence-corrected chi connectivity index (χ1v) is 6.18. The first kappa shape index (κ1) is 12.3. The minimum atomic E-state index is -0.275.